The Labute approximate surface area is 118 Å². The zero-order valence-electron chi connectivity index (χ0n) is 10.6. The Hall–Kier alpha value is -0.980. The molecule has 0 spiro atoms. The lowest BCUT2D eigenvalue weighted by Crippen LogP contribution is -2.35. The first kappa shape index (κ1) is 14.4. The van der Waals surface area contributed by atoms with Crippen LogP contribution < -0.4 is 10.5 Å². The summed E-state index contributed by atoms with van der Waals surface area (Å²) in [5.74, 6) is 0.655. The molecule has 1 aromatic carbocycles. The lowest BCUT2D eigenvalue weighted by molar-refractivity contribution is 0.559. The maximum atomic E-state index is 11.9. The molecule has 6 heteroatoms. The molecule has 0 saturated carbocycles. The van der Waals surface area contributed by atoms with Crippen LogP contribution in [0.25, 0.3) is 0 Å². The molecule has 0 bridgehead atoms. The van der Waals surface area contributed by atoms with Gasteiger partial charge in [0, 0.05) is 22.4 Å². The van der Waals surface area contributed by atoms with Crippen molar-refractivity contribution in [3.63, 3.8) is 0 Å². The number of nitrogen functional groups attached to an aromatic ring is 1. The molecule has 3 N–H and O–H groups in total. The number of nitrogens with two attached hydrogens (primary N) is 1. The van der Waals surface area contributed by atoms with Crippen molar-refractivity contribution in [2.75, 3.05) is 17.2 Å². The van der Waals surface area contributed by atoms with Gasteiger partial charge in [-0.1, -0.05) is 18.2 Å². The number of rotatable bonds is 6. The molecular weight excluding hydrogens is 280 g/mol. The number of benzene rings is 1. The Balaban J connectivity index is 1.78. The van der Waals surface area contributed by atoms with Crippen LogP contribution in [0.4, 0.5) is 5.69 Å². The van der Waals surface area contributed by atoms with Gasteiger partial charge >= 0.3 is 0 Å². The predicted molar refractivity (Wildman–Crippen MR) is 80.7 cm³/mol. The van der Waals surface area contributed by atoms with Crippen LogP contribution in [0.2, 0.25) is 0 Å². The predicted octanol–water partition coefficient (Wildman–Crippen LogP) is 2.00. The van der Waals surface area contributed by atoms with Crippen LogP contribution in [0.1, 0.15) is 12.8 Å². The number of anilines is 1. The Morgan fingerprint density at radius 2 is 2.05 bits per heavy atom. The lowest BCUT2D eigenvalue weighted by Gasteiger charge is -2.12. The van der Waals surface area contributed by atoms with Gasteiger partial charge < -0.3 is 5.73 Å². The van der Waals surface area contributed by atoms with Gasteiger partial charge in [0.2, 0.25) is 10.0 Å². The molecule has 0 heterocycles. The molecule has 4 nitrogen and oxygen atoms in total. The molecule has 1 aliphatic carbocycles. The van der Waals surface area contributed by atoms with Crippen LogP contribution in [0.3, 0.4) is 0 Å². The molecule has 0 saturated heterocycles. The maximum Gasteiger partial charge on any atom is 0.212 e. The standard InChI is InChI=1S/C13H18N2O2S2/c14-11-4-3-7-13(10-11)18-8-9-19(16,17)15-12-5-1-2-6-12/h1-4,7,10,12,15H,5-6,8-9,14H2. The highest BCUT2D eigenvalue weighted by Crippen LogP contribution is 2.20. The summed E-state index contributed by atoms with van der Waals surface area (Å²) in [6, 6.07) is 7.51. The monoisotopic (exact) mass is 298 g/mol. The number of hydrogen-bond donors (Lipinski definition) is 2. The van der Waals surface area contributed by atoms with E-state index in [1.54, 1.807) is 0 Å². The fourth-order valence-corrected chi connectivity index (χ4v) is 4.56. The maximum absolute atomic E-state index is 11.9. The van der Waals surface area contributed by atoms with Gasteiger partial charge in [-0.2, -0.15) is 0 Å². The van der Waals surface area contributed by atoms with Gasteiger partial charge in [0.05, 0.1) is 5.75 Å². The minimum Gasteiger partial charge on any atom is -0.399 e. The van der Waals surface area contributed by atoms with E-state index in [2.05, 4.69) is 4.72 Å². The molecule has 0 fully saturated rings. The van der Waals surface area contributed by atoms with Gasteiger partial charge in [-0.15, -0.1) is 11.8 Å². The van der Waals surface area contributed by atoms with E-state index in [9.17, 15) is 8.42 Å². The average molecular weight is 298 g/mol. The molecule has 0 amide bonds. The van der Waals surface area contributed by atoms with Gasteiger partial charge in [-0.25, -0.2) is 13.1 Å². The second-order valence-electron chi connectivity index (χ2n) is 4.50. The third-order valence-corrected chi connectivity index (χ3v) is 5.52. The molecule has 0 atom stereocenters. The van der Waals surface area contributed by atoms with Gasteiger partial charge in [0.25, 0.3) is 0 Å². The highest BCUT2D eigenvalue weighted by molar-refractivity contribution is 8.00. The summed E-state index contributed by atoms with van der Waals surface area (Å²) in [5.41, 5.74) is 6.37. The molecule has 2 rings (SSSR count). The first-order valence-corrected chi connectivity index (χ1v) is 8.82. The summed E-state index contributed by atoms with van der Waals surface area (Å²) in [4.78, 5) is 0.998. The molecular formula is C13H18N2O2S2. The number of sulfonamides is 1. The van der Waals surface area contributed by atoms with Crippen LogP contribution in [-0.2, 0) is 10.0 Å². The quantitative estimate of drug-likeness (QED) is 0.479. The van der Waals surface area contributed by atoms with Crippen molar-refractivity contribution in [2.24, 2.45) is 0 Å². The molecule has 0 unspecified atom stereocenters. The summed E-state index contributed by atoms with van der Waals surface area (Å²) in [7, 11) is -3.19. The topological polar surface area (TPSA) is 72.2 Å². The van der Waals surface area contributed by atoms with Gasteiger partial charge in [0.15, 0.2) is 0 Å². The zero-order chi connectivity index (χ0) is 13.7. The third-order valence-electron chi connectivity index (χ3n) is 2.83. The van der Waals surface area contributed by atoms with Crippen molar-refractivity contribution in [1.29, 1.82) is 0 Å². The fraction of sp³-hybridized carbons (Fsp3) is 0.385. The van der Waals surface area contributed by atoms with E-state index in [0.29, 0.717) is 11.4 Å². The summed E-state index contributed by atoms with van der Waals surface area (Å²) in [6.07, 6.45) is 5.60. The van der Waals surface area contributed by atoms with Crippen molar-refractivity contribution in [3.8, 4) is 0 Å². The van der Waals surface area contributed by atoms with Crippen LogP contribution >= 0.6 is 11.8 Å². The normalized spacial score (nSPS) is 16.0. The van der Waals surface area contributed by atoms with Crippen LogP contribution in [0.15, 0.2) is 41.3 Å². The van der Waals surface area contributed by atoms with Crippen molar-refractivity contribution >= 4 is 27.5 Å². The first-order valence-electron chi connectivity index (χ1n) is 6.18. The Bertz CT molecular complexity index is 548. The van der Waals surface area contributed by atoms with Crippen molar-refractivity contribution in [3.05, 3.63) is 36.4 Å². The van der Waals surface area contributed by atoms with Gasteiger partial charge in [-0.05, 0) is 31.0 Å². The fourth-order valence-electron chi connectivity index (χ4n) is 1.90. The van der Waals surface area contributed by atoms with E-state index in [0.717, 1.165) is 17.7 Å². The van der Waals surface area contributed by atoms with E-state index >= 15 is 0 Å². The Morgan fingerprint density at radius 1 is 1.32 bits per heavy atom. The minimum atomic E-state index is -3.19. The minimum absolute atomic E-state index is 0.0439. The highest BCUT2D eigenvalue weighted by Gasteiger charge is 2.18. The number of nitrogens with one attached hydrogen (secondary N) is 1. The van der Waals surface area contributed by atoms with Crippen LogP contribution in [0.5, 0.6) is 0 Å². The van der Waals surface area contributed by atoms with E-state index < -0.39 is 10.0 Å². The Kier molecular flexibility index (Phi) is 4.90. The molecule has 1 aliphatic rings. The highest BCUT2D eigenvalue weighted by atomic mass is 32.2. The van der Waals surface area contributed by atoms with E-state index in [4.69, 9.17) is 5.73 Å². The van der Waals surface area contributed by atoms with Gasteiger partial charge in [-0.3, -0.25) is 0 Å². The summed E-state index contributed by atoms with van der Waals surface area (Å²) in [5, 5.41) is 0. The zero-order valence-corrected chi connectivity index (χ0v) is 12.2. The number of thioether (sulfide) groups is 1. The molecule has 19 heavy (non-hydrogen) atoms. The largest absolute Gasteiger partial charge is 0.399 e. The number of hydrogen-bond acceptors (Lipinski definition) is 4. The average Bonchev–Trinajstić information content (AvgIpc) is 2.80. The molecule has 0 radical (unpaired) electrons. The third kappa shape index (κ3) is 4.89. The lowest BCUT2D eigenvalue weighted by atomic mass is 10.3. The smallest absolute Gasteiger partial charge is 0.212 e. The SMILES string of the molecule is Nc1cccc(SCCS(=O)(=O)NC2CC=CC2)c1. The van der Waals surface area contributed by atoms with Crippen LogP contribution in [-0.4, -0.2) is 26.0 Å². The van der Waals surface area contributed by atoms with Crippen molar-refractivity contribution in [2.45, 2.75) is 23.8 Å². The summed E-state index contributed by atoms with van der Waals surface area (Å²) >= 11 is 1.50. The first-order chi connectivity index (χ1) is 9.05. The summed E-state index contributed by atoms with van der Waals surface area (Å²) in [6.45, 7) is 0. The van der Waals surface area contributed by atoms with E-state index in [-0.39, 0.29) is 11.8 Å². The van der Waals surface area contributed by atoms with E-state index in [1.165, 1.54) is 11.8 Å². The molecule has 0 aliphatic heterocycles. The second kappa shape index (κ2) is 6.45. The van der Waals surface area contributed by atoms with E-state index in [1.807, 2.05) is 36.4 Å². The van der Waals surface area contributed by atoms with Crippen molar-refractivity contribution < 1.29 is 8.42 Å². The second-order valence-corrected chi connectivity index (χ2v) is 7.54. The molecule has 104 valence electrons. The van der Waals surface area contributed by atoms with Crippen molar-refractivity contribution in [1.82, 2.24) is 4.72 Å². The molecule has 1 aromatic rings. The molecule has 0 aromatic heterocycles. The Morgan fingerprint density at radius 3 is 2.74 bits per heavy atom. The summed E-state index contributed by atoms with van der Waals surface area (Å²) < 4.78 is 26.5. The van der Waals surface area contributed by atoms with Crippen LogP contribution in [0, 0.1) is 0 Å². The van der Waals surface area contributed by atoms with Gasteiger partial charge in [0.1, 0.15) is 0 Å².